The summed E-state index contributed by atoms with van der Waals surface area (Å²) >= 11 is 14.8. The molecule has 0 aliphatic rings. The Labute approximate surface area is 121 Å². The Balaban J connectivity index is 2.19. The van der Waals surface area contributed by atoms with Gasteiger partial charge in [-0.2, -0.15) is 0 Å². The van der Waals surface area contributed by atoms with Crippen LogP contribution in [0.25, 0.3) is 0 Å². The van der Waals surface area contributed by atoms with E-state index in [0.717, 1.165) is 0 Å². The average molecular weight is 347 g/mol. The molecule has 0 fully saturated rings. The number of anilines is 1. The van der Waals surface area contributed by atoms with Gasteiger partial charge in [0.15, 0.2) is 0 Å². The molecule has 7 heteroatoms. The Morgan fingerprint density at radius 3 is 2.67 bits per heavy atom. The number of hydrogen-bond donors (Lipinski definition) is 1. The highest BCUT2D eigenvalue weighted by Crippen LogP contribution is 2.23. The number of amides is 1. The van der Waals surface area contributed by atoms with Gasteiger partial charge in [0.25, 0.3) is 5.91 Å². The third-order valence-corrected chi connectivity index (χ3v) is 3.48. The van der Waals surface area contributed by atoms with Gasteiger partial charge < -0.3 is 5.32 Å². The highest BCUT2D eigenvalue weighted by molar-refractivity contribution is 9.10. The number of carbonyl (C=O) groups excluding carboxylic acids is 1. The van der Waals surface area contributed by atoms with E-state index >= 15 is 0 Å². The van der Waals surface area contributed by atoms with E-state index in [2.05, 4.69) is 31.2 Å². The minimum Gasteiger partial charge on any atom is -0.306 e. The molecule has 2 rings (SSSR count). The van der Waals surface area contributed by atoms with Crippen molar-refractivity contribution >= 4 is 50.9 Å². The monoisotopic (exact) mass is 345 g/mol. The van der Waals surface area contributed by atoms with Gasteiger partial charge >= 0.3 is 0 Å². The summed E-state index contributed by atoms with van der Waals surface area (Å²) in [6.07, 6.45) is 1.27. The van der Waals surface area contributed by atoms with Gasteiger partial charge in [-0.25, -0.2) is 9.97 Å². The van der Waals surface area contributed by atoms with Gasteiger partial charge in [-0.15, -0.1) is 0 Å². The van der Waals surface area contributed by atoms with E-state index in [1.54, 1.807) is 18.2 Å². The minimum atomic E-state index is -0.304. The Bertz CT molecular complexity index is 607. The molecule has 4 nitrogen and oxygen atoms in total. The van der Waals surface area contributed by atoms with Crippen LogP contribution in [-0.2, 0) is 0 Å². The molecule has 1 heterocycles. The Morgan fingerprint density at radius 1 is 1.22 bits per heavy atom. The van der Waals surface area contributed by atoms with E-state index in [0.29, 0.717) is 20.9 Å². The summed E-state index contributed by atoms with van der Waals surface area (Å²) in [7, 11) is 0. The first-order chi connectivity index (χ1) is 8.56. The van der Waals surface area contributed by atoms with Crippen molar-refractivity contribution in [2.75, 3.05) is 5.32 Å². The fourth-order valence-electron chi connectivity index (χ4n) is 1.23. The summed E-state index contributed by atoms with van der Waals surface area (Å²) in [4.78, 5) is 19.5. The third kappa shape index (κ3) is 3.19. The van der Waals surface area contributed by atoms with Gasteiger partial charge in [-0.3, -0.25) is 4.79 Å². The fraction of sp³-hybridized carbons (Fsp3) is 0. The number of benzene rings is 1. The molecule has 1 aromatic carbocycles. The number of nitrogens with one attached hydrogen (secondary N) is 1. The number of aromatic nitrogens is 2. The van der Waals surface area contributed by atoms with Gasteiger partial charge in [0.2, 0.25) is 0 Å². The zero-order valence-electron chi connectivity index (χ0n) is 8.82. The van der Waals surface area contributed by atoms with Gasteiger partial charge in [-0.1, -0.05) is 23.2 Å². The van der Waals surface area contributed by atoms with Crippen LogP contribution in [0.2, 0.25) is 10.2 Å². The van der Waals surface area contributed by atoms with Gasteiger partial charge in [-0.05, 0) is 34.1 Å². The second kappa shape index (κ2) is 5.65. The summed E-state index contributed by atoms with van der Waals surface area (Å²) in [5.74, 6) is 0.0354. The zero-order valence-corrected chi connectivity index (χ0v) is 11.9. The van der Waals surface area contributed by atoms with Gasteiger partial charge in [0.05, 0.1) is 5.02 Å². The van der Waals surface area contributed by atoms with Crippen LogP contribution in [0, 0.1) is 0 Å². The Hall–Kier alpha value is -1.17. The first-order valence-corrected chi connectivity index (χ1v) is 6.35. The summed E-state index contributed by atoms with van der Waals surface area (Å²) in [5, 5.41) is 3.41. The number of carbonyl (C=O) groups is 1. The van der Waals surface area contributed by atoms with E-state index in [1.165, 1.54) is 12.4 Å². The predicted octanol–water partition coefficient (Wildman–Crippen LogP) is 3.80. The number of nitrogens with zero attached hydrogens (tertiary/aromatic N) is 2. The maximum absolute atomic E-state index is 11.9. The lowest BCUT2D eigenvalue weighted by Gasteiger charge is -2.05. The van der Waals surface area contributed by atoms with Crippen LogP contribution >= 0.6 is 39.1 Å². The molecule has 18 heavy (non-hydrogen) atoms. The molecular weight excluding hydrogens is 341 g/mol. The summed E-state index contributed by atoms with van der Waals surface area (Å²) in [6, 6.07) is 6.34. The molecule has 0 saturated heterocycles. The van der Waals surface area contributed by atoms with Crippen LogP contribution in [0.5, 0.6) is 0 Å². The minimum absolute atomic E-state index is 0.262. The van der Waals surface area contributed by atoms with Crippen LogP contribution in [0.15, 0.2) is 35.1 Å². The van der Waals surface area contributed by atoms with Crippen molar-refractivity contribution in [2.24, 2.45) is 0 Å². The van der Waals surface area contributed by atoms with Gasteiger partial charge in [0, 0.05) is 16.1 Å². The molecule has 0 spiro atoms. The smallest absolute Gasteiger partial charge is 0.256 e. The number of hydrogen-bond acceptors (Lipinski definition) is 3. The van der Waals surface area contributed by atoms with Crippen LogP contribution in [0.4, 0.5) is 5.82 Å². The van der Waals surface area contributed by atoms with E-state index in [1.807, 2.05) is 0 Å². The van der Waals surface area contributed by atoms with E-state index < -0.39 is 0 Å². The number of rotatable bonds is 2. The van der Waals surface area contributed by atoms with Crippen molar-refractivity contribution in [1.29, 1.82) is 0 Å². The standard InChI is InChI=1S/C11H6BrCl2N3O/c12-7-3-6(1-2-8(7)13)11(18)17-10-4-9(14)15-5-16-10/h1-5H,(H,15,16,17,18). The molecule has 0 atom stereocenters. The Morgan fingerprint density at radius 2 is 2.00 bits per heavy atom. The lowest BCUT2D eigenvalue weighted by Crippen LogP contribution is -2.13. The van der Waals surface area contributed by atoms with Gasteiger partial charge in [0.1, 0.15) is 17.3 Å². The molecular formula is C11H6BrCl2N3O. The summed E-state index contributed by atoms with van der Waals surface area (Å²) < 4.78 is 0.650. The van der Waals surface area contributed by atoms with E-state index in [9.17, 15) is 4.79 Å². The molecule has 92 valence electrons. The second-order valence-electron chi connectivity index (χ2n) is 3.31. The van der Waals surface area contributed by atoms with Crippen molar-refractivity contribution < 1.29 is 4.79 Å². The highest BCUT2D eigenvalue weighted by Gasteiger charge is 2.09. The molecule has 0 aliphatic heterocycles. The van der Waals surface area contributed by atoms with Crippen LogP contribution in [0.3, 0.4) is 0 Å². The lowest BCUT2D eigenvalue weighted by molar-refractivity contribution is 0.102. The first kappa shape index (κ1) is 13.3. The highest BCUT2D eigenvalue weighted by atomic mass is 79.9. The quantitative estimate of drug-likeness (QED) is 0.841. The molecule has 0 aliphatic carbocycles. The predicted molar refractivity (Wildman–Crippen MR) is 74.1 cm³/mol. The molecule has 0 saturated carbocycles. The van der Waals surface area contributed by atoms with E-state index in [4.69, 9.17) is 23.2 Å². The molecule has 0 unspecified atom stereocenters. The molecule has 0 radical (unpaired) electrons. The second-order valence-corrected chi connectivity index (χ2v) is 4.96. The summed E-state index contributed by atoms with van der Waals surface area (Å²) in [6.45, 7) is 0. The SMILES string of the molecule is O=C(Nc1cc(Cl)ncn1)c1ccc(Cl)c(Br)c1. The zero-order chi connectivity index (χ0) is 13.1. The van der Waals surface area contributed by atoms with E-state index in [-0.39, 0.29) is 11.1 Å². The van der Waals surface area contributed by atoms with Crippen molar-refractivity contribution in [3.63, 3.8) is 0 Å². The van der Waals surface area contributed by atoms with Crippen LogP contribution in [0.1, 0.15) is 10.4 Å². The lowest BCUT2D eigenvalue weighted by atomic mass is 10.2. The van der Waals surface area contributed by atoms with Crippen molar-refractivity contribution in [3.05, 3.63) is 50.8 Å². The molecule has 2 aromatic rings. The molecule has 1 aromatic heterocycles. The maximum atomic E-state index is 11.9. The third-order valence-electron chi connectivity index (χ3n) is 2.06. The summed E-state index contributed by atoms with van der Waals surface area (Å²) in [5.41, 5.74) is 0.459. The largest absolute Gasteiger partial charge is 0.306 e. The number of halogens is 3. The molecule has 0 bridgehead atoms. The topological polar surface area (TPSA) is 54.9 Å². The van der Waals surface area contributed by atoms with Crippen molar-refractivity contribution in [3.8, 4) is 0 Å². The van der Waals surface area contributed by atoms with Crippen LogP contribution in [-0.4, -0.2) is 15.9 Å². The molecule has 1 amide bonds. The first-order valence-electron chi connectivity index (χ1n) is 4.80. The maximum Gasteiger partial charge on any atom is 0.256 e. The van der Waals surface area contributed by atoms with Crippen LogP contribution < -0.4 is 5.32 Å². The molecule has 1 N–H and O–H groups in total. The average Bonchev–Trinajstić information content (AvgIpc) is 2.32. The van der Waals surface area contributed by atoms with Crippen molar-refractivity contribution in [2.45, 2.75) is 0 Å². The normalized spacial score (nSPS) is 10.2. The van der Waals surface area contributed by atoms with Crippen molar-refractivity contribution in [1.82, 2.24) is 9.97 Å². The fourth-order valence-corrected chi connectivity index (χ4v) is 1.87. The Kier molecular flexibility index (Phi) is 4.16.